The van der Waals surface area contributed by atoms with E-state index in [0.29, 0.717) is 4.57 Å². The van der Waals surface area contributed by atoms with E-state index >= 15 is 0 Å². The predicted octanol–water partition coefficient (Wildman–Crippen LogP) is -4.81. The van der Waals surface area contributed by atoms with Crippen molar-refractivity contribution >= 4 is 13.6 Å². The Balaban J connectivity index is 2.09. The van der Waals surface area contributed by atoms with E-state index in [1.807, 2.05) is 0 Å². The van der Waals surface area contributed by atoms with Crippen molar-refractivity contribution in [2.75, 3.05) is 18.9 Å². The molecule has 2 aliphatic heterocycles. The van der Waals surface area contributed by atoms with Gasteiger partial charge in [-0.1, -0.05) is 0 Å². The second-order valence-electron chi connectivity index (χ2n) is 6.89. The van der Waals surface area contributed by atoms with Gasteiger partial charge >= 0.3 is 13.5 Å². The summed E-state index contributed by atoms with van der Waals surface area (Å²) in [6, 6.07) is 1.15. The Morgan fingerprint density at radius 2 is 1.87 bits per heavy atom. The van der Waals surface area contributed by atoms with Crippen LogP contribution in [-0.4, -0.2) is 101 Å². The van der Waals surface area contributed by atoms with Crippen LogP contribution in [-0.2, 0) is 24.3 Å². The molecule has 0 aromatic carbocycles. The third-order valence-electron chi connectivity index (χ3n) is 5.03. The zero-order valence-corrected chi connectivity index (χ0v) is 16.1. The fourth-order valence-electron chi connectivity index (χ4n) is 3.63. The lowest BCUT2D eigenvalue weighted by Crippen LogP contribution is -2.61. The standard InChI is InChI=1S/C14H22N3O12P/c15-7-1-2-17(13(23)16-7)14(12-10(21)8(19)5(3-18)28-12)11(22)9(20)6(29-14)4-27-30(24,25)26/h1-2,5-6,8-12,18-22H,3-4H2,(H2,15,16,23)(H2,24,25,26)/t5-,6-,8-,9-,10+,11-,12?,14+/m1/s1. The maximum absolute atomic E-state index is 12.5. The third-order valence-corrected chi connectivity index (χ3v) is 5.51. The topological polar surface area (TPSA) is 247 Å². The van der Waals surface area contributed by atoms with E-state index in [9.17, 15) is 34.9 Å². The van der Waals surface area contributed by atoms with Gasteiger partial charge in [-0.05, 0) is 6.07 Å². The molecule has 2 fully saturated rings. The van der Waals surface area contributed by atoms with Crippen LogP contribution < -0.4 is 11.4 Å². The largest absolute Gasteiger partial charge is 0.469 e. The molecular formula is C14H22N3O12P. The van der Waals surface area contributed by atoms with E-state index < -0.39 is 75.2 Å². The number of aliphatic hydroxyl groups excluding tert-OH is 5. The number of anilines is 1. The Hall–Kier alpha value is -1.49. The number of ether oxygens (including phenoxy) is 2. The summed E-state index contributed by atoms with van der Waals surface area (Å²) in [7, 11) is -4.98. The fourth-order valence-corrected chi connectivity index (χ4v) is 3.97. The summed E-state index contributed by atoms with van der Waals surface area (Å²) in [5, 5.41) is 51.1. The van der Waals surface area contributed by atoms with Gasteiger partial charge in [0.05, 0.1) is 13.2 Å². The zero-order chi connectivity index (χ0) is 22.4. The molecule has 0 amide bonds. The van der Waals surface area contributed by atoms with Gasteiger partial charge in [0, 0.05) is 6.20 Å². The van der Waals surface area contributed by atoms with E-state index in [1.54, 1.807) is 0 Å². The molecule has 1 unspecified atom stereocenters. The van der Waals surface area contributed by atoms with Crippen LogP contribution in [0.25, 0.3) is 0 Å². The average molecular weight is 455 g/mol. The first-order valence-electron chi connectivity index (χ1n) is 8.64. The summed E-state index contributed by atoms with van der Waals surface area (Å²) in [5.41, 5.74) is 1.95. The molecule has 3 heterocycles. The first-order chi connectivity index (χ1) is 13.9. The lowest BCUT2D eigenvalue weighted by Gasteiger charge is -2.39. The summed E-state index contributed by atoms with van der Waals surface area (Å²) >= 11 is 0. The number of phosphoric acid groups is 1. The molecule has 15 nitrogen and oxygen atoms in total. The first-order valence-corrected chi connectivity index (χ1v) is 10.2. The molecule has 0 saturated carbocycles. The van der Waals surface area contributed by atoms with Crippen molar-refractivity contribution in [2.24, 2.45) is 0 Å². The van der Waals surface area contributed by atoms with Crippen molar-refractivity contribution < 1.29 is 53.9 Å². The smallest absolute Gasteiger partial charge is 0.394 e. The summed E-state index contributed by atoms with van der Waals surface area (Å²) in [6.45, 7) is -1.64. The van der Waals surface area contributed by atoms with Crippen LogP contribution in [0.15, 0.2) is 17.1 Å². The molecule has 1 aromatic rings. The molecule has 30 heavy (non-hydrogen) atoms. The SMILES string of the molecule is Nc1ccn([C@]2(C3O[C@H](CO)[C@@H](O)[C@@H]3O)O[C@H](COP(=O)(O)O)[C@@H](O)[C@H]2O)c(=O)n1. The van der Waals surface area contributed by atoms with E-state index in [4.69, 9.17) is 25.0 Å². The lowest BCUT2D eigenvalue weighted by molar-refractivity contribution is -0.234. The monoisotopic (exact) mass is 455 g/mol. The summed E-state index contributed by atoms with van der Waals surface area (Å²) in [4.78, 5) is 33.8. The Kier molecular flexibility index (Phi) is 6.35. The van der Waals surface area contributed by atoms with Crippen LogP contribution in [0, 0.1) is 0 Å². The van der Waals surface area contributed by atoms with Crippen molar-refractivity contribution in [2.45, 2.75) is 48.5 Å². The van der Waals surface area contributed by atoms with Crippen LogP contribution in [0.2, 0.25) is 0 Å². The van der Waals surface area contributed by atoms with Crippen LogP contribution in [0.5, 0.6) is 0 Å². The normalized spacial score (nSPS) is 39.5. The van der Waals surface area contributed by atoms with Crippen LogP contribution in [0.4, 0.5) is 5.82 Å². The van der Waals surface area contributed by atoms with Gasteiger partial charge in [0.2, 0.25) is 5.72 Å². The van der Waals surface area contributed by atoms with E-state index in [-0.39, 0.29) is 5.82 Å². The van der Waals surface area contributed by atoms with Crippen molar-refractivity contribution in [3.63, 3.8) is 0 Å². The minimum absolute atomic E-state index is 0.193. The second kappa shape index (κ2) is 8.22. The highest BCUT2D eigenvalue weighted by Crippen LogP contribution is 2.45. The third kappa shape index (κ3) is 3.90. The Morgan fingerprint density at radius 1 is 1.20 bits per heavy atom. The van der Waals surface area contributed by atoms with Crippen molar-refractivity contribution in [3.05, 3.63) is 22.7 Å². The molecule has 0 bridgehead atoms. The first kappa shape index (κ1) is 23.2. The van der Waals surface area contributed by atoms with Gasteiger partial charge in [-0.15, -0.1) is 0 Å². The molecule has 3 rings (SSSR count). The Bertz CT molecular complexity index is 878. The van der Waals surface area contributed by atoms with Crippen molar-refractivity contribution in [1.82, 2.24) is 9.55 Å². The molecule has 9 N–H and O–H groups in total. The molecular weight excluding hydrogens is 433 g/mol. The number of hydrogen-bond acceptors (Lipinski definition) is 12. The van der Waals surface area contributed by atoms with E-state index in [2.05, 4.69) is 9.51 Å². The molecule has 8 atom stereocenters. The van der Waals surface area contributed by atoms with Gasteiger partial charge in [-0.2, -0.15) is 4.98 Å². The number of nitrogens with two attached hydrogens (primary N) is 1. The number of aliphatic hydroxyl groups is 5. The predicted molar refractivity (Wildman–Crippen MR) is 93.5 cm³/mol. The highest BCUT2D eigenvalue weighted by atomic mass is 31.2. The number of nitrogens with zero attached hydrogens (tertiary/aromatic N) is 2. The zero-order valence-electron chi connectivity index (χ0n) is 15.2. The number of nitrogen functional groups attached to an aromatic ring is 1. The number of phosphoric ester groups is 1. The minimum atomic E-state index is -4.98. The molecule has 16 heteroatoms. The van der Waals surface area contributed by atoms with Crippen LogP contribution in [0.3, 0.4) is 0 Å². The molecule has 0 radical (unpaired) electrons. The van der Waals surface area contributed by atoms with Crippen LogP contribution in [0.1, 0.15) is 0 Å². The highest BCUT2D eigenvalue weighted by Gasteiger charge is 2.66. The Morgan fingerprint density at radius 3 is 2.40 bits per heavy atom. The lowest BCUT2D eigenvalue weighted by atomic mass is 9.92. The molecule has 2 aliphatic rings. The maximum Gasteiger partial charge on any atom is 0.469 e. The summed E-state index contributed by atoms with van der Waals surface area (Å²) < 4.78 is 27.0. The molecule has 1 aromatic heterocycles. The molecule has 170 valence electrons. The Labute approximate surface area is 168 Å². The average Bonchev–Trinajstić information content (AvgIpc) is 3.09. The van der Waals surface area contributed by atoms with Gasteiger partial charge in [0.1, 0.15) is 48.5 Å². The second-order valence-corrected chi connectivity index (χ2v) is 8.13. The number of aromatic nitrogens is 2. The van der Waals surface area contributed by atoms with Gasteiger partial charge in [-0.25, -0.2) is 9.36 Å². The maximum atomic E-state index is 12.5. The van der Waals surface area contributed by atoms with Crippen molar-refractivity contribution in [3.8, 4) is 0 Å². The molecule has 0 aliphatic carbocycles. The van der Waals surface area contributed by atoms with E-state index in [1.165, 1.54) is 0 Å². The number of hydrogen-bond donors (Lipinski definition) is 8. The van der Waals surface area contributed by atoms with Gasteiger partial charge in [-0.3, -0.25) is 9.09 Å². The minimum Gasteiger partial charge on any atom is -0.394 e. The van der Waals surface area contributed by atoms with Gasteiger partial charge in [0.25, 0.3) is 0 Å². The van der Waals surface area contributed by atoms with Gasteiger partial charge < -0.3 is 50.5 Å². The van der Waals surface area contributed by atoms with Crippen LogP contribution >= 0.6 is 7.82 Å². The number of rotatable bonds is 6. The van der Waals surface area contributed by atoms with Crippen molar-refractivity contribution in [1.29, 1.82) is 0 Å². The van der Waals surface area contributed by atoms with Gasteiger partial charge in [0.15, 0.2) is 0 Å². The van der Waals surface area contributed by atoms with E-state index in [0.717, 1.165) is 12.3 Å². The molecule has 2 saturated heterocycles. The molecule has 0 spiro atoms. The summed E-state index contributed by atoms with van der Waals surface area (Å²) in [5.74, 6) is -0.193. The highest BCUT2D eigenvalue weighted by molar-refractivity contribution is 7.46. The quantitative estimate of drug-likeness (QED) is 0.188. The summed E-state index contributed by atoms with van der Waals surface area (Å²) in [6.07, 6.45) is -11.0. The fraction of sp³-hybridized carbons (Fsp3) is 0.714.